The van der Waals surface area contributed by atoms with E-state index in [-0.39, 0.29) is 12.1 Å². The third kappa shape index (κ3) is 2.26. The number of anilines is 1. The molecule has 1 aromatic rings. The lowest BCUT2D eigenvalue weighted by atomic mass is 9.74. The SMILES string of the molecule is COC(=O)C1(Nc2ccccc2)CC(OC)C1. The predicted molar refractivity (Wildman–Crippen MR) is 64.8 cm³/mol. The smallest absolute Gasteiger partial charge is 0.331 e. The van der Waals surface area contributed by atoms with Gasteiger partial charge in [-0.3, -0.25) is 0 Å². The zero-order valence-corrected chi connectivity index (χ0v) is 10.1. The topological polar surface area (TPSA) is 47.6 Å². The van der Waals surface area contributed by atoms with Gasteiger partial charge in [-0.05, 0) is 12.1 Å². The summed E-state index contributed by atoms with van der Waals surface area (Å²) in [4.78, 5) is 11.8. The molecule has 1 aliphatic carbocycles. The van der Waals surface area contributed by atoms with Crippen molar-refractivity contribution in [3.63, 3.8) is 0 Å². The maximum Gasteiger partial charge on any atom is 0.331 e. The molecule has 0 amide bonds. The van der Waals surface area contributed by atoms with Gasteiger partial charge in [-0.15, -0.1) is 0 Å². The van der Waals surface area contributed by atoms with Gasteiger partial charge in [0.2, 0.25) is 0 Å². The van der Waals surface area contributed by atoms with E-state index in [1.54, 1.807) is 7.11 Å². The molecule has 0 bridgehead atoms. The average molecular weight is 235 g/mol. The van der Waals surface area contributed by atoms with Crippen LogP contribution in [0.2, 0.25) is 0 Å². The van der Waals surface area contributed by atoms with E-state index >= 15 is 0 Å². The van der Waals surface area contributed by atoms with E-state index < -0.39 is 5.54 Å². The molecular formula is C13H17NO3. The Kier molecular flexibility index (Phi) is 3.33. The van der Waals surface area contributed by atoms with E-state index in [4.69, 9.17) is 9.47 Å². The van der Waals surface area contributed by atoms with Crippen LogP contribution in [0.1, 0.15) is 12.8 Å². The maximum atomic E-state index is 11.8. The monoisotopic (exact) mass is 235 g/mol. The quantitative estimate of drug-likeness (QED) is 0.809. The molecule has 92 valence electrons. The Bertz CT molecular complexity index is 385. The fourth-order valence-corrected chi connectivity index (χ4v) is 2.20. The predicted octanol–water partition coefficient (Wildman–Crippen LogP) is 1.82. The fourth-order valence-electron chi connectivity index (χ4n) is 2.20. The molecule has 1 N–H and O–H groups in total. The van der Waals surface area contributed by atoms with Gasteiger partial charge in [-0.25, -0.2) is 4.79 Å². The number of ether oxygens (including phenoxy) is 2. The van der Waals surface area contributed by atoms with Gasteiger partial charge in [-0.2, -0.15) is 0 Å². The van der Waals surface area contributed by atoms with Crippen molar-refractivity contribution in [3.05, 3.63) is 30.3 Å². The minimum absolute atomic E-state index is 0.130. The fraction of sp³-hybridized carbons (Fsp3) is 0.462. The summed E-state index contributed by atoms with van der Waals surface area (Å²) in [6.07, 6.45) is 1.42. The van der Waals surface area contributed by atoms with Crippen LogP contribution >= 0.6 is 0 Å². The number of esters is 1. The van der Waals surface area contributed by atoms with Crippen molar-refractivity contribution in [3.8, 4) is 0 Å². The van der Waals surface area contributed by atoms with Crippen molar-refractivity contribution in [2.75, 3.05) is 19.5 Å². The van der Waals surface area contributed by atoms with E-state index in [0.717, 1.165) is 5.69 Å². The molecule has 4 nitrogen and oxygen atoms in total. The molecule has 0 aromatic heterocycles. The molecule has 1 aliphatic rings. The van der Waals surface area contributed by atoms with Crippen molar-refractivity contribution in [1.29, 1.82) is 0 Å². The Morgan fingerprint density at radius 3 is 2.47 bits per heavy atom. The van der Waals surface area contributed by atoms with E-state index in [0.29, 0.717) is 12.8 Å². The summed E-state index contributed by atoms with van der Waals surface area (Å²) >= 11 is 0. The first-order chi connectivity index (χ1) is 8.20. The number of carbonyl (C=O) groups is 1. The van der Waals surface area contributed by atoms with Crippen molar-refractivity contribution in [2.24, 2.45) is 0 Å². The number of hydrogen-bond acceptors (Lipinski definition) is 4. The molecule has 0 saturated heterocycles. The lowest BCUT2D eigenvalue weighted by Gasteiger charge is -2.45. The number of methoxy groups -OCH3 is 2. The van der Waals surface area contributed by atoms with Crippen molar-refractivity contribution >= 4 is 11.7 Å². The van der Waals surface area contributed by atoms with Gasteiger partial charge in [0, 0.05) is 25.6 Å². The highest BCUT2D eigenvalue weighted by molar-refractivity contribution is 5.86. The normalized spacial score (nSPS) is 27.1. The molecular weight excluding hydrogens is 218 g/mol. The van der Waals surface area contributed by atoms with Gasteiger partial charge in [-0.1, -0.05) is 18.2 Å². The third-order valence-corrected chi connectivity index (χ3v) is 3.22. The van der Waals surface area contributed by atoms with Crippen LogP contribution < -0.4 is 5.32 Å². The van der Waals surface area contributed by atoms with Gasteiger partial charge < -0.3 is 14.8 Å². The van der Waals surface area contributed by atoms with Crippen LogP contribution in [0.4, 0.5) is 5.69 Å². The third-order valence-electron chi connectivity index (χ3n) is 3.22. The van der Waals surface area contributed by atoms with Crippen molar-refractivity contribution in [2.45, 2.75) is 24.5 Å². The van der Waals surface area contributed by atoms with Crippen LogP contribution in [-0.2, 0) is 14.3 Å². The van der Waals surface area contributed by atoms with Gasteiger partial charge >= 0.3 is 5.97 Å². The highest BCUT2D eigenvalue weighted by Gasteiger charge is 2.51. The Labute approximate surface area is 101 Å². The van der Waals surface area contributed by atoms with E-state index in [2.05, 4.69) is 5.32 Å². The lowest BCUT2D eigenvalue weighted by molar-refractivity contribution is -0.154. The highest BCUT2D eigenvalue weighted by atomic mass is 16.5. The lowest BCUT2D eigenvalue weighted by Crippen LogP contribution is -2.59. The summed E-state index contributed by atoms with van der Waals surface area (Å²) in [7, 11) is 3.07. The molecule has 0 aliphatic heterocycles. The van der Waals surface area contributed by atoms with Crippen LogP contribution in [0.15, 0.2) is 30.3 Å². The van der Waals surface area contributed by atoms with Crippen LogP contribution in [0.5, 0.6) is 0 Å². The molecule has 0 heterocycles. The number of benzene rings is 1. The Balaban J connectivity index is 2.11. The summed E-state index contributed by atoms with van der Waals surface area (Å²) in [6, 6.07) is 9.67. The molecule has 4 heteroatoms. The summed E-state index contributed by atoms with van der Waals surface area (Å²) < 4.78 is 10.1. The molecule has 0 unspecified atom stereocenters. The second-order valence-electron chi connectivity index (χ2n) is 4.33. The Hall–Kier alpha value is -1.55. The summed E-state index contributed by atoms with van der Waals surface area (Å²) in [5, 5.41) is 3.25. The number of para-hydroxylation sites is 1. The molecule has 17 heavy (non-hydrogen) atoms. The molecule has 1 fully saturated rings. The number of nitrogens with one attached hydrogen (secondary N) is 1. The molecule has 0 radical (unpaired) electrons. The number of rotatable bonds is 4. The molecule has 0 spiro atoms. The van der Waals surface area contributed by atoms with Gasteiger partial charge in [0.25, 0.3) is 0 Å². The molecule has 1 saturated carbocycles. The Morgan fingerprint density at radius 2 is 1.94 bits per heavy atom. The van der Waals surface area contributed by atoms with Crippen LogP contribution in [0, 0.1) is 0 Å². The van der Waals surface area contributed by atoms with Crippen molar-refractivity contribution in [1.82, 2.24) is 0 Å². The zero-order valence-electron chi connectivity index (χ0n) is 10.1. The standard InChI is InChI=1S/C13H17NO3/c1-16-11-8-13(9-11,12(15)17-2)14-10-6-4-3-5-7-10/h3-7,11,14H,8-9H2,1-2H3. The van der Waals surface area contributed by atoms with E-state index in [9.17, 15) is 4.79 Å². The summed E-state index contributed by atoms with van der Waals surface area (Å²) in [6.45, 7) is 0. The average Bonchev–Trinajstić information content (AvgIpc) is 2.33. The van der Waals surface area contributed by atoms with E-state index in [1.807, 2.05) is 30.3 Å². The summed E-state index contributed by atoms with van der Waals surface area (Å²) in [5.74, 6) is -0.227. The first kappa shape index (κ1) is 11.9. The van der Waals surface area contributed by atoms with Gasteiger partial charge in [0.15, 0.2) is 0 Å². The van der Waals surface area contributed by atoms with Crippen LogP contribution in [0.25, 0.3) is 0 Å². The zero-order chi connectivity index (χ0) is 12.3. The summed E-state index contributed by atoms with van der Waals surface area (Å²) in [5.41, 5.74) is 0.295. The molecule has 1 aromatic carbocycles. The largest absolute Gasteiger partial charge is 0.467 e. The minimum atomic E-state index is -0.628. The minimum Gasteiger partial charge on any atom is -0.467 e. The Morgan fingerprint density at radius 1 is 1.29 bits per heavy atom. The first-order valence-electron chi connectivity index (χ1n) is 5.64. The molecule has 0 atom stereocenters. The second kappa shape index (κ2) is 4.75. The number of carbonyl (C=O) groups excluding carboxylic acids is 1. The number of hydrogen-bond donors (Lipinski definition) is 1. The van der Waals surface area contributed by atoms with Crippen molar-refractivity contribution < 1.29 is 14.3 Å². The van der Waals surface area contributed by atoms with Crippen LogP contribution in [-0.4, -0.2) is 31.8 Å². The molecule has 2 rings (SSSR count). The first-order valence-corrected chi connectivity index (χ1v) is 5.64. The highest BCUT2D eigenvalue weighted by Crippen LogP contribution is 2.38. The van der Waals surface area contributed by atoms with Crippen LogP contribution in [0.3, 0.4) is 0 Å². The maximum absolute atomic E-state index is 11.8. The van der Waals surface area contributed by atoms with E-state index in [1.165, 1.54) is 7.11 Å². The van der Waals surface area contributed by atoms with Gasteiger partial charge in [0.1, 0.15) is 5.54 Å². The van der Waals surface area contributed by atoms with Gasteiger partial charge in [0.05, 0.1) is 13.2 Å². The second-order valence-corrected chi connectivity index (χ2v) is 4.33.